The van der Waals surface area contributed by atoms with E-state index in [1.165, 1.54) is 25.7 Å². The second-order valence-electron chi connectivity index (χ2n) is 5.94. The number of rotatable bonds is 8. The van der Waals surface area contributed by atoms with E-state index in [4.69, 9.17) is 0 Å². The maximum Gasteiger partial charge on any atom is 0.222 e. The third kappa shape index (κ3) is 5.94. The minimum absolute atomic E-state index is 0.0568. The third-order valence-electron chi connectivity index (χ3n) is 4.33. The monoisotopic (exact) mass is 269 g/mol. The van der Waals surface area contributed by atoms with Crippen LogP contribution in [0.3, 0.4) is 0 Å². The van der Waals surface area contributed by atoms with Crippen molar-refractivity contribution in [1.82, 2.24) is 4.90 Å². The van der Waals surface area contributed by atoms with Crippen LogP contribution in [-0.2, 0) is 4.79 Å². The van der Waals surface area contributed by atoms with Crippen molar-refractivity contribution < 1.29 is 9.90 Å². The van der Waals surface area contributed by atoms with Crippen LogP contribution in [0.25, 0.3) is 0 Å². The van der Waals surface area contributed by atoms with Gasteiger partial charge in [0.15, 0.2) is 0 Å². The SMILES string of the molecule is CCCCCCCCC(=O)N(C)C1CCCCC1O. The lowest BCUT2D eigenvalue weighted by Gasteiger charge is -2.35. The molecule has 1 amide bonds. The minimum atomic E-state index is -0.313. The Morgan fingerprint density at radius 2 is 1.74 bits per heavy atom. The predicted octanol–water partition coefficient (Wildman–Crippen LogP) is 3.50. The number of aliphatic hydroxyl groups excluding tert-OH is 1. The zero-order valence-corrected chi connectivity index (χ0v) is 12.7. The van der Waals surface area contributed by atoms with Crippen molar-refractivity contribution in [1.29, 1.82) is 0 Å². The molecular weight excluding hydrogens is 238 g/mol. The van der Waals surface area contributed by atoms with Gasteiger partial charge in [-0.15, -0.1) is 0 Å². The number of carbonyl (C=O) groups is 1. The number of nitrogens with zero attached hydrogens (tertiary/aromatic N) is 1. The van der Waals surface area contributed by atoms with Gasteiger partial charge in [0.25, 0.3) is 0 Å². The standard InChI is InChI=1S/C16H31NO2/c1-3-4-5-6-7-8-13-16(19)17(2)14-11-9-10-12-15(14)18/h14-15,18H,3-13H2,1-2H3. The molecule has 2 unspecified atom stereocenters. The van der Waals surface area contributed by atoms with E-state index >= 15 is 0 Å². The van der Waals surface area contributed by atoms with Gasteiger partial charge in [0.2, 0.25) is 5.91 Å². The molecule has 0 aromatic rings. The fourth-order valence-electron chi connectivity index (χ4n) is 2.96. The van der Waals surface area contributed by atoms with Crippen LogP contribution in [0.4, 0.5) is 0 Å². The topological polar surface area (TPSA) is 40.5 Å². The Labute approximate surface area is 118 Å². The number of likely N-dealkylation sites (N-methyl/N-ethyl adjacent to an activating group) is 1. The van der Waals surface area contributed by atoms with Crippen molar-refractivity contribution in [3.63, 3.8) is 0 Å². The predicted molar refractivity (Wildman–Crippen MR) is 79.0 cm³/mol. The van der Waals surface area contributed by atoms with Crippen molar-refractivity contribution >= 4 is 5.91 Å². The first-order chi connectivity index (χ1) is 9.16. The van der Waals surface area contributed by atoms with Gasteiger partial charge >= 0.3 is 0 Å². The van der Waals surface area contributed by atoms with Crippen molar-refractivity contribution in [3.05, 3.63) is 0 Å². The number of carbonyl (C=O) groups excluding carboxylic acids is 1. The Hall–Kier alpha value is -0.570. The molecule has 1 aliphatic rings. The van der Waals surface area contributed by atoms with Gasteiger partial charge in [-0.25, -0.2) is 0 Å². The van der Waals surface area contributed by atoms with E-state index in [9.17, 15) is 9.90 Å². The molecule has 19 heavy (non-hydrogen) atoms. The molecule has 3 nitrogen and oxygen atoms in total. The van der Waals surface area contributed by atoms with E-state index in [0.29, 0.717) is 6.42 Å². The molecule has 1 fully saturated rings. The lowest BCUT2D eigenvalue weighted by Crippen LogP contribution is -2.46. The molecule has 1 aliphatic carbocycles. The summed E-state index contributed by atoms with van der Waals surface area (Å²) in [6.07, 6.45) is 11.6. The van der Waals surface area contributed by atoms with E-state index in [1.807, 2.05) is 7.05 Å². The summed E-state index contributed by atoms with van der Waals surface area (Å²) in [5.41, 5.74) is 0. The van der Waals surface area contributed by atoms with Gasteiger partial charge in [0, 0.05) is 13.5 Å². The van der Waals surface area contributed by atoms with E-state index in [0.717, 1.165) is 38.5 Å². The van der Waals surface area contributed by atoms with E-state index in [2.05, 4.69) is 6.92 Å². The fraction of sp³-hybridized carbons (Fsp3) is 0.938. The molecule has 0 radical (unpaired) electrons. The molecule has 3 heteroatoms. The molecule has 1 rings (SSSR count). The molecular formula is C16H31NO2. The fourth-order valence-corrected chi connectivity index (χ4v) is 2.96. The highest BCUT2D eigenvalue weighted by Gasteiger charge is 2.28. The molecule has 1 saturated carbocycles. The summed E-state index contributed by atoms with van der Waals surface area (Å²) in [4.78, 5) is 13.9. The van der Waals surface area contributed by atoms with Gasteiger partial charge < -0.3 is 10.0 Å². The van der Waals surface area contributed by atoms with Crippen LogP contribution in [-0.4, -0.2) is 35.1 Å². The summed E-state index contributed by atoms with van der Waals surface area (Å²) in [5.74, 6) is 0.210. The van der Waals surface area contributed by atoms with Gasteiger partial charge in [-0.05, 0) is 19.3 Å². The van der Waals surface area contributed by atoms with Gasteiger partial charge in [-0.1, -0.05) is 51.9 Å². The zero-order chi connectivity index (χ0) is 14.1. The number of amides is 1. The van der Waals surface area contributed by atoms with Crippen molar-refractivity contribution in [3.8, 4) is 0 Å². The average Bonchev–Trinajstić information content (AvgIpc) is 2.42. The number of unbranched alkanes of at least 4 members (excludes halogenated alkanes) is 5. The lowest BCUT2D eigenvalue weighted by molar-refractivity contribution is -0.135. The minimum Gasteiger partial charge on any atom is -0.391 e. The third-order valence-corrected chi connectivity index (χ3v) is 4.33. The van der Waals surface area contributed by atoms with Crippen LogP contribution in [0.5, 0.6) is 0 Å². The van der Waals surface area contributed by atoms with Gasteiger partial charge in [0.05, 0.1) is 12.1 Å². The molecule has 0 spiro atoms. The smallest absolute Gasteiger partial charge is 0.222 e. The summed E-state index contributed by atoms with van der Waals surface area (Å²) in [5, 5.41) is 9.96. The zero-order valence-electron chi connectivity index (χ0n) is 12.7. The van der Waals surface area contributed by atoms with Crippen LogP contribution in [0, 0.1) is 0 Å². The van der Waals surface area contributed by atoms with Crippen molar-refractivity contribution in [2.45, 2.75) is 89.7 Å². The Morgan fingerprint density at radius 3 is 2.42 bits per heavy atom. The molecule has 2 atom stereocenters. The van der Waals surface area contributed by atoms with E-state index < -0.39 is 0 Å². The summed E-state index contributed by atoms with van der Waals surface area (Å²) >= 11 is 0. The van der Waals surface area contributed by atoms with Crippen LogP contribution in [0.1, 0.15) is 77.6 Å². The van der Waals surface area contributed by atoms with Crippen LogP contribution >= 0.6 is 0 Å². The molecule has 1 N–H and O–H groups in total. The summed E-state index contributed by atoms with van der Waals surface area (Å²) < 4.78 is 0. The molecule has 0 aliphatic heterocycles. The molecule has 112 valence electrons. The molecule has 0 aromatic heterocycles. The number of hydrogen-bond donors (Lipinski definition) is 1. The second-order valence-corrected chi connectivity index (χ2v) is 5.94. The Morgan fingerprint density at radius 1 is 1.11 bits per heavy atom. The number of hydrogen-bond acceptors (Lipinski definition) is 2. The molecule has 0 heterocycles. The highest BCUT2D eigenvalue weighted by atomic mass is 16.3. The first-order valence-corrected chi connectivity index (χ1v) is 8.10. The highest BCUT2D eigenvalue weighted by molar-refractivity contribution is 5.76. The van der Waals surface area contributed by atoms with Crippen molar-refractivity contribution in [2.24, 2.45) is 0 Å². The van der Waals surface area contributed by atoms with E-state index in [1.54, 1.807) is 4.90 Å². The second kappa shape index (κ2) is 9.35. The molecule has 0 bridgehead atoms. The molecule has 0 aromatic carbocycles. The first kappa shape index (κ1) is 16.5. The van der Waals surface area contributed by atoms with Gasteiger partial charge in [-0.2, -0.15) is 0 Å². The Kier molecular flexibility index (Phi) is 8.11. The van der Waals surface area contributed by atoms with Crippen LogP contribution in [0.15, 0.2) is 0 Å². The first-order valence-electron chi connectivity index (χ1n) is 8.10. The summed E-state index contributed by atoms with van der Waals surface area (Å²) in [7, 11) is 1.86. The Bertz CT molecular complexity index is 255. The summed E-state index contributed by atoms with van der Waals surface area (Å²) in [6, 6.07) is 0.0568. The average molecular weight is 269 g/mol. The van der Waals surface area contributed by atoms with Gasteiger partial charge in [-0.3, -0.25) is 4.79 Å². The van der Waals surface area contributed by atoms with Crippen molar-refractivity contribution in [2.75, 3.05) is 7.05 Å². The van der Waals surface area contributed by atoms with Crippen LogP contribution in [0.2, 0.25) is 0 Å². The van der Waals surface area contributed by atoms with E-state index in [-0.39, 0.29) is 18.1 Å². The Balaban J connectivity index is 2.17. The largest absolute Gasteiger partial charge is 0.391 e. The number of aliphatic hydroxyl groups is 1. The quantitative estimate of drug-likeness (QED) is 0.685. The lowest BCUT2D eigenvalue weighted by atomic mass is 9.91. The maximum absolute atomic E-state index is 12.1. The molecule has 0 saturated heterocycles. The van der Waals surface area contributed by atoms with Gasteiger partial charge in [0.1, 0.15) is 0 Å². The maximum atomic E-state index is 12.1. The van der Waals surface area contributed by atoms with Crippen LogP contribution < -0.4 is 0 Å². The summed E-state index contributed by atoms with van der Waals surface area (Å²) in [6.45, 7) is 2.22. The normalized spacial score (nSPS) is 23.3. The highest BCUT2D eigenvalue weighted by Crippen LogP contribution is 2.23.